The molecule has 2 N–H and O–H groups in total. The first-order chi connectivity index (χ1) is 9.11. The second kappa shape index (κ2) is 8.74. The van der Waals surface area contributed by atoms with Crippen LogP contribution in [-0.4, -0.2) is 56.2 Å². The van der Waals surface area contributed by atoms with Crippen LogP contribution < -0.4 is 10.6 Å². The summed E-state index contributed by atoms with van der Waals surface area (Å²) in [4.78, 5) is 24.9. The van der Waals surface area contributed by atoms with E-state index in [0.717, 1.165) is 6.54 Å². The van der Waals surface area contributed by atoms with E-state index in [9.17, 15) is 9.59 Å². The van der Waals surface area contributed by atoms with Gasteiger partial charge in [-0.25, -0.2) is 4.79 Å². The summed E-state index contributed by atoms with van der Waals surface area (Å²) < 4.78 is 4.72. The Morgan fingerprint density at radius 1 is 1.26 bits per heavy atom. The number of likely N-dealkylation sites (tertiary alicyclic amines) is 1. The SMILES string of the molecule is CCOC(=O)CNC(=O)NCC(C)CN1CCCC1. The monoisotopic (exact) mass is 271 g/mol. The summed E-state index contributed by atoms with van der Waals surface area (Å²) in [5, 5.41) is 5.25. The van der Waals surface area contributed by atoms with Crippen molar-refractivity contribution in [1.82, 2.24) is 15.5 Å². The van der Waals surface area contributed by atoms with E-state index in [4.69, 9.17) is 4.74 Å². The maximum absolute atomic E-state index is 11.4. The van der Waals surface area contributed by atoms with Gasteiger partial charge in [-0.05, 0) is 38.8 Å². The highest BCUT2D eigenvalue weighted by Crippen LogP contribution is 2.09. The summed E-state index contributed by atoms with van der Waals surface area (Å²) >= 11 is 0. The van der Waals surface area contributed by atoms with E-state index >= 15 is 0 Å². The first kappa shape index (κ1) is 15.8. The Morgan fingerprint density at radius 3 is 2.58 bits per heavy atom. The summed E-state index contributed by atoms with van der Waals surface area (Å²) in [6.07, 6.45) is 2.56. The molecule has 0 saturated carbocycles. The van der Waals surface area contributed by atoms with Crippen LogP contribution in [-0.2, 0) is 9.53 Å². The van der Waals surface area contributed by atoms with Gasteiger partial charge in [0.1, 0.15) is 6.54 Å². The minimum atomic E-state index is -0.414. The molecule has 110 valence electrons. The number of carbonyl (C=O) groups excluding carboxylic acids is 2. The van der Waals surface area contributed by atoms with Gasteiger partial charge in [-0.15, -0.1) is 0 Å². The number of rotatable bonds is 7. The Hall–Kier alpha value is -1.30. The molecule has 1 saturated heterocycles. The van der Waals surface area contributed by atoms with Gasteiger partial charge in [0.05, 0.1) is 6.61 Å². The minimum Gasteiger partial charge on any atom is -0.465 e. The van der Waals surface area contributed by atoms with E-state index in [1.165, 1.54) is 25.9 Å². The molecule has 1 aliphatic rings. The molecule has 0 spiro atoms. The van der Waals surface area contributed by atoms with Gasteiger partial charge >= 0.3 is 12.0 Å². The van der Waals surface area contributed by atoms with Crippen molar-refractivity contribution in [3.63, 3.8) is 0 Å². The van der Waals surface area contributed by atoms with Crippen LogP contribution in [0.3, 0.4) is 0 Å². The molecule has 0 aliphatic carbocycles. The third-order valence-corrected chi connectivity index (χ3v) is 3.08. The Bertz CT molecular complexity index is 291. The van der Waals surface area contributed by atoms with Gasteiger partial charge in [0.15, 0.2) is 0 Å². The van der Waals surface area contributed by atoms with Crippen LogP contribution in [0, 0.1) is 5.92 Å². The second-order valence-electron chi connectivity index (χ2n) is 4.98. The maximum atomic E-state index is 11.4. The van der Waals surface area contributed by atoms with Crippen LogP contribution in [0.25, 0.3) is 0 Å². The van der Waals surface area contributed by atoms with Crippen molar-refractivity contribution in [3.05, 3.63) is 0 Å². The lowest BCUT2D eigenvalue weighted by Gasteiger charge is -2.20. The second-order valence-corrected chi connectivity index (χ2v) is 4.98. The number of urea groups is 1. The largest absolute Gasteiger partial charge is 0.465 e. The predicted molar refractivity (Wildman–Crippen MR) is 72.9 cm³/mol. The lowest BCUT2D eigenvalue weighted by atomic mass is 10.1. The summed E-state index contributed by atoms with van der Waals surface area (Å²) in [7, 11) is 0. The highest BCUT2D eigenvalue weighted by atomic mass is 16.5. The van der Waals surface area contributed by atoms with Gasteiger partial charge in [0.25, 0.3) is 0 Å². The third-order valence-electron chi connectivity index (χ3n) is 3.08. The predicted octanol–water partition coefficient (Wildman–Crippen LogP) is 0.581. The number of ether oxygens (including phenoxy) is 1. The number of carbonyl (C=O) groups is 2. The van der Waals surface area contributed by atoms with E-state index in [0.29, 0.717) is 19.1 Å². The van der Waals surface area contributed by atoms with E-state index in [1.54, 1.807) is 6.92 Å². The molecule has 1 unspecified atom stereocenters. The first-order valence-corrected chi connectivity index (χ1v) is 7.01. The molecule has 19 heavy (non-hydrogen) atoms. The normalized spacial score (nSPS) is 16.9. The summed E-state index contributed by atoms with van der Waals surface area (Å²) in [6, 6.07) is -0.318. The summed E-state index contributed by atoms with van der Waals surface area (Å²) in [5.41, 5.74) is 0. The van der Waals surface area contributed by atoms with E-state index in [1.807, 2.05) is 0 Å². The van der Waals surface area contributed by atoms with Crippen LogP contribution in [0.5, 0.6) is 0 Å². The van der Waals surface area contributed by atoms with Crippen LogP contribution in [0.4, 0.5) is 4.79 Å². The van der Waals surface area contributed by atoms with Crippen molar-refractivity contribution in [3.8, 4) is 0 Å². The number of hydrogen-bond acceptors (Lipinski definition) is 4. The Kier molecular flexibility index (Phi) is 7.25. The zero-order chi connectivity index (χ0) is 14.1. The lowest BCUT2D eigenvalue weighted by Crippen LogP contribution is -2.42. The number of esters is 1. The first-order valence-electron chi connectivity index (χ1n) is 7.01. The maximum Gasteiger partial charge on any atom is 0.325 e. The van der Waals surface area contributed by atoms with Crippen LogP contribution in [0.15, 0.2) is 0 Å². The minimum absolute atomic E-state index is 0.0832. The number of nitrogens with zero attached hydrogens (tertiary/aromatic N) is 1. The standard InChI is InChI=1S/C13H25N3O3/c1-3-19-12(17)9-15-13(18)14-8-11(2)10-16-6-4-5-7-16/h11H,3-10H2,1-2H3,(H2,14,15,18). The summed E-state index contributed by atoms with van der Waals surface area (Å²) in [5.74, 6) is -0.00536. The topological polar surface area (TPSA) is 70.7 Å². The molecule has 1 heterocycles. The highest BCUT2D eigenvalue weighted by Gasteiger charge is 2.15. The fourth-order valence-electron chi connectivity index (χ4n) is 2.16. The molecule has 1 rings (SSSR count). The Morgan fingerprint density at radius 2 is 1.95 bits per heavy atom. The Balaban J connectivity index is 2.06. The van der Waals surface area contributed by atoms with Crippen LogP contribution in [0.1, 0.15) is 26.7 Å². The quantitative estimate of drug-likeness (QED) is 0.665. The van der Waals surface area contributed by atoms with Gasteiger partial charge in [-0.1, -0.05) is 6.92 Å². The molecule has 1 fully saturated rings. The van der Waals surface area contributed by atoms with Gasteiger partial charge < -0.3 is 20.3 Å². The fraction of sp³-hybridized carbons (Fsp3) is 0.846. The highest BCUT2D eigenvalue weighted by molar-refractivity contribution is 5.80. The molecule has 6 nitrogen and oxygen atoms in total. The van der Waals surface area contributed by atoms with E-state index in [-0.39, 0.29) is 12.6 Å². The van der Waals surface area contributed by atoms with Gasteiger partial charge in [0, 0.05) is 13.1 Å². The molecule has 0 aromatic heterocycles. The molecule has 2 amide bonds. The molecule has 0 bridgehead atoms. The van der Waals surface area contributed by atoms with Crippen molar-refractivity contribution in [2.45, 2.75) is 26.7 Å². The van der Waals surface area contributed by atoms with Gasteiger partial charge in [0.2, 0.25) is 0 Å². The summed E-state index contributed by atoms with van der Waals surface area (Å²) in [6.45, 7) is 8.05. The Labute approximate surface area is 114 Å². The molecular formula is C13H25N3O3. The zero-order valence-electron chi connectivity index (χ0n) is 11.9. The average Bonchev–Trinajstić information content (AvgIpc) is 2.87. The number of nitrogens with one attached hydrogen (secondary N) is 2. The van der Waals surface area contributed by atoms with Crippen LogP contribution in [0.2, 0.25) is 0 Å². The molecule has 1 aliphatic heterocycles. The molecule has 0 aromatic rings. The molecule has 1 atom stereocenters. The molecular weight excluding hydrogens is 246 g/mol. The van der Waals surface area contributed by atoms with Crippen molar-refractivity contribution in [2.75, 3.05) is 39.3 Å². The van der Waals surface area contributed by atoms with Crippen molar-refractivity contribution >= 4 is 12.0 Å². The van der Waals surface area contributed by atoms with E-state index in [2.05, 4.69) is 22.5 Å². The lowest BCUT2D eigenvalue weighted by molar-refractivity contribution is -0.141. The van der Waals surface area contributed by atoms with Gasteiger partial charge in [-0.3, -0.25) is 4.79 Å². The fourth-order valence-corrected chi connectivity index (χ4v) is 2.16. The third kappa shape index (κ3) is 7.00. The molecule has 6 heteroatoms. The zero-order valence-corrected chi connectivity index (χ0v) is 11.9. The van der Waals surface area contributed by atoms with Crippen LogP contribution >= 0.6 is 0 Å². The van der Waals surface area contributed by atoms with Crippen molar-refractivity contribution < 1.29 is 14.3 Å². The molecule has 0 radical (unpaired) electrons. The smallest absolute Gasteiger partial charge is 0.325 e. The average molecular weight is 271 g/mol. The van der Waals surface area contributed by atoms with Crippen molar-refractivity contribution in [2.24, 2.45) is 5.92 Å². The number of hydrogen-bond donors (Lipinski definition) is 2. The molecule has 0 aromatic carbocycles. The van der Waals surface area contributed by atoms with E-state index < -0.39 is 5.97 Å². The van der Waals surface area contributed by atoms with Gasteiger partial charge in [-0.2, -0.15) is 0 Å². The van der Waals surface area contributed by atoms with Crippen molar-refractivity contribution in [1.29, 1.82) is 0 Å². The number of amides is 2.